The number of nitrogens with two attached hydrogens (primary N) is 1. The Kier molecular flexibility index (Phi) is 7.31. The molecule has 0 amide bonds. The molecule has 33 heavy (non-hydrogen) atoms. The van der Waals surface area contributed by atoms with Crippen LogP contribution in [-0.4, -0.2) is 54.1 Å². The van der Waals surface area contributed by atoms with E-state index in [1.807, 2.05) is 31.2 Å². The minimum atomic E-state index is 0.316. The van der Waals surface area contributed by atoms with Crippen LogP contribution < -0.4 is 21.1 Å². The van der Waals surface area contributed by atoms with E-state index in [4.69, 9.17) is 20.2 Å². The number of ether oxygens (including phenoxy) is 2. The predicted octanol–water partition coefficient (Wildman–Crippen LogP) is 3.76. The fourth-order valence-electron chi connectivity index (χ4n) is 3.71. The molecule has 4 rings (SSSR count). The van der Waals surface area contributed by atoms with Gasteiger partial charge in [-0.1, -0.05) is 6.07 Å². The molecule has 0 unspecified atom stereocenters. The second-order valence-electron chi connectivity index (χ2n) is 7.60. The Morgan fingerprint density at radius 1 is 1.27 bits per heavy atom. The van der Waals surface area contributed by atoms with Gasteiger partial charge >= 0.3 is 0 Å². The number of allylic oxidation sites excluding steroid dienone is 1. The van der Waals surface area contributed by atoms with E-state index in [2.05, 4.69) is 25.6 Å². The molecule has 0 bridgehead atoms. The molecule has 1 saturated heterocycles. The lowest BCUT2D eigenvalue weighted by Crippen LogP contribution is -2.28. The van der Waals surface area contributed by atoms with Gasteiger partial charge < -0.3 is 25.8 Å². The molecule has 1 aromatic carbocycles. The van der Waals surface area contributed by atoms with Gasteiger partial charge in [0, 0.05) is 62.1 Å². The number of aromatic nitrogens is 3. The molecule has 1 aliphatic rings. The average molecular weight is 448 g/mol. The Bertz CT molecular complexity index is 1160. The SMILES string of the molecule is CCOc1cc(C(C=NC)=CN)ccc1Nc1ncc2ccnc(NC3CCOCC3)c2n1. The zero-order valence-electron chi connectivity index (χ0n) is 18.9. The van der Waals surface area contributed by atoms with E-state index in [1.165, 1.54) is 6.20 Å². The van der Waals surface area contributed by atoms with Gasteiger partial charge in [0.15, 0.2) is 5.82 Å². The second-order valence-corrected chi connectivity index (χ2v) is 7.60. The van der Waals surface area contributed by atoms with Crippen molar-refractivity contribution in [3.05, 3.63) is 48.4 Å². The van der Waals surface area contributed by atoms with E-state index < -0.39 is 0 Å². The molecule has 3 aromatic rings. The molecular formula is C24H29N7O2. The summed E-state index contributed by atoms with van der Waals surface area (Å²) in [7, 11) is 1.71. The molecule has 0 saturated carbocycles. The highest BCUT2D eigenvalue weighted by Crippen LogP contribution is 2.31. The third kappa shape index (κ3) is 5.38. The maximum atomic E-state index is 5.87. The monoisotopic (exact) mass is 447 g/mol. The Balaban J connectivity index is 1.63. The van der Waals surface area contributed by atoms with E-state index >= 15 is 0 Å². The van der Waals surface area contributed by atoms with Crippen molar-refractivity contribution < 1.29 is 9.47 Å². The molecule has 0 radical (unpaired) electrons. The first-order valence-corrected chi connectivity index (χ1v) is 11.1. The summed E-state index contributed by atoms with van der Waals surface area (Å²) in [5.74, 6) is 1.89. The molecule has 9 nitrogen and oxygen atoms in total. The first kappa shape index (κ1) is 22.5. The van der Waals surface area contributed by atoms with Crippen molar-refractivity contribution >= 4 is 40.1 Å². The lowest BCUT2D eigenvalue weighted by Gasteiger charge is -2.24. The van der Waals surface area contributed by atoms with Gasteiger partial charge in [-0.05, 0) is 43.5 Å². The van der Waals surface area contributed by atoms with Crippen LogP contribution in [0, 0.1) is 0 Å². The molecular weight excluding hydrogens is 418 g/mol. The van der Waals surface area contributed by atoms with Gasteiger partial charge in [0.2, 0.25) is 5.95 Å². The Hall–Kier alpha value is -3.72. The molecule has 4 N–H and O–H groups in total. The number of benzene rings is 1. The normalized spacial score (nSPS) is 15.2. The fourth-order valence-corrected chi connectivity index (χ4v) is 3.71. The number of aliphatic imine (C=N–C) groups is 1. The van der Waals surface area contributed by atoms with Crippen LogP contribution in [-0.2, 0) is 4.74 Å². The second kappa shape index (κ2) is 10.7. The number of anilines is 3. The van der Waals surface area contributed by atoms with Gasteiger partial charge in [0.25, 0.3) is 0 Å². The summed E-state index contributed by atoms with van der Waals surface area (Å²) in [6, 6.07) is 8.02. The number of hydrogen-bond acceptors (Lipinski definition) is 9. The summed E-state index contributed by atoms with van der Waals surface area (Å²) < 4.78 is 11.3. The van der Waals surface area contributed by atoms with Crippen molar-refractivity contribution in [1.82, 2.24) is 15.0 Å². The Labute approximate surface area is 193 Å². The maximum Gasteiger partial charge on any atom is 0.227 e. The molecule has 0 aliphatic carbocycles. The van der Waals surface area contributed by atoms with Crippen LogP contribution in [0.15, 0.2) is 47.9 Å². The van der Waals surface area contributed by atoms with Crippen molar-refractivity contribution in [2.45, 2.75) is 25.8 Å². The molecule has 9 heteroatoms. The quantitative estimate of drug-likeness (QED) is 0.447. The van der Waals surface area contributed by atoms with Gasteiger partial charge in [-0.2, -0.15) is 0 Å². The summed E-state index contributed by atoms with van der Waals surface area (Å²) in [6.07, 6.45) is 8.69. The van der Waals surface area contributed by atoms with Crippen LogP contribution in [0.3, 0.4) is 0 Å². The van der Waals surface area contributed by atoms with Crippen molar-refractivity contribution in [2.24, 2.45) is 10.7 Å². The number of nitrogens with zero attached hydrogens (tertiary/aromatic N) is 4. The fraction of sp³-hybridized carbons (Fsp3) is 0.333. The van der Waals surface area contributed by atoms with E-state index in [9.17, 15) is 0 Å². The third-order valence-corrected chi connectivity index (χ3v) is 5.37. The highest BCUT2D eigenvalue weighted by atomic mass is 16.5. The van der Waals surface area contributed by atoms with E-state index in [0.717, 1.165) is 59.6 Å². The molecule has 0 atom stereocenters. The number of hydrogen-bond donors (Lipinski definition) is 3. The van der Waals surface area contributed by atoms with Crippen LogP contribution in [0.4, 0.5) is 17.5 Å². The first-order valence-electron chi connectivity index (χ1n) is 11.1. The van der Waals surface area contributed by atoms with E-state index in [0.29, 0.717) is 24.3 Å². The van der Waals surface area contributed by atoms with Crippen LogP contribution in [0.5, 0.6) is 5.75 Å². The first-order chi connectivity index (χ1) is 16.2. The number of nitrogens with one attached hydrogen (secondary N) is 2. The van der Waals surface area contributed by atoms with Crippen LogP contribution in [0.25, 0.3) is 16.5 Å². The number of pyridine rings is 1. The lowest BCUT2D eigenvalue weighted by molar-refractivity contribution is 0.0904. The maximum absolute atomic E-state index is 5.87. The Morgan fingerprint density at radius 3 is 2.88 bits per heavy atom. The molecule has 2 aromatic heterocycles. The van der Waals surface area contributed by atoms with Crippen molar-refractivity contribution in [3.63, 3.8) is 0 Å². The van der Waals surface area contributed by atoms with Crippen molar-refractivity contribution in [1.29, 1.82) is 0 Å². The predicted molar refractivity (Wildman–Crippen MR) is 132 cm³/mol. The third-order valence-electron chi connectivity index (χ3n) is 5.37. The van der Waals surface area contributed by atoms with Crippen LogP contribution in [0.1, 0.15) is 25.3 Å². The molecule has 0 spiro atoms. The average Bonchev–Trinajstić information content (AvgIpc) is 2.85. The van der Waals surface area contributed by atoms with Crippen LogP contribution in [0.2, 0.25) is 0 Å². The lowest BCUT2D eigenvalue weighted by atomic mass is 10.1. The van der Waals surface area contributed by atoms with Crippen molar-refractivity contribution in [2.75, 3.05) is 37.5 Å². The molecule has 172 valence electrons. The van der Waals surface area contributed by atoms with Crippen LogP contribution >= 0.6 is 0 Å². The molecule has 3 heterocycles. The van der Waals surface area contributed by atoms with Gasteiger partial charge in [-0.3, -0.25) is 4.99 Å². The van der Waals surface area contributed by atoms with Gasteiger partial charge in [-0.15, -0.1) is 0 Å². The summed E-state index contributed by atoms with van der Waals surface area (Å²) >= 11 is 0. The van der Waals surface area contributed by atoms with E-state index in [1.54, 1.807) is 25.7 Å². The molecule has 1 fully saturated rings. The summed E-state index contributed by atoms with van der Waals surface area (Å²) in [6.45, 7) is 3.97. The topological polar surface area (TPSA) is 120 Å². The largest absolute Gasteiger partial charge is 0.492 e. The Morgan fingerprint density at radius 2 is 2.12 bits per heavy atom. The zero-order valence-corrected chi connectivity index (χ0v) is 18.9. The standard InChI is InChI=1S/C24H29N7O2/c1-3-33-21-12-16(18(13-25)14-26-2)4-5-20(21)30-24-28-15-17-6-9-27-23(22(17)31-24)29-19-7-10-32-11-8-19/h4-6,9,12-15,19H,3,7-8,10-11,25H2,1-2H3,(H,27,29)(H,28,30,31). The summed E-state index contributed by atoms with van der Waals surface area (Å²) in [5, 5.41) is 7.73. The minimum Gasteiger partial charge on any atom is -0.492 e. The number of rotatable bonds is 8. The smallest absolute Gasteiger partial charge is 0.227 e. The zero-order chi connectivity index (χ0) is 23.0. The highest BCUT2D eigenvalue weighted by molar-refractivity contribution is 6.09. The van der Waals surface area contributed by atoms with Gasteiger partial charge in [0.1, 0.15) is 11.3 Å². The van der Waals surface area contributed by atoms with Gasteiger partial charge in [0.05, 0.1) is 12.3 Å². The minimum absolute atomic E-state index is 0.316. The summed E-state index contributed by atoms with van der Waals surface area (Å²) in [4.78, 5) is 17.8. The number of fused-ring (bicyclic) bond motifs is 1. The molecule has 1 aliphatic heterocycles. The van der Waals surface area contributed by atoms with Crippen molar-refractivity contribution in [3.8, 4) is 5.75 Å². The summed E-state index contributed by atoms with van der Waals surface area (Å²) in [5.41, 5.74) is 9.00. The highest BCUT2D eigenvalue weighted by Gasteiger charge is 2.16. The van der Waals surface area contributed by atoms with E-state index in [-0.39, 0.29) is 0 Å². The van der Waals surface area contributed by atoms with Gasteiger partial charge in [-0.25, -0.2) is 15.0 Å².